The summed E-state index contributed by atoms with van der Waals surface area (Å²) >= 11 is 0. The Morgan fingerprint density at radius 3 is 2.60 bits per heavy atom. The predicted molar refractivity (Wildman–Crippen MR) is 62.9 cm³/mol. The van der Waals surface area contributed by atoms with Crippen molar-refractivity contribution < 1.29 is 0 Å². The minimum Gasteiger partial charge on any atom is -0.303 e. The van der Waals surface area contributed by atoms with Gasteiger partial charge in [-0.3, -0.25) is 4.90 Å². The van der Waals surface area contributed by atoms with E-state index in [-0.39, 0.29) is 0 Å². The smallest absolute Gasteiger partial charge is 0.0350 e. The van der Waals surface area contributed by atoms with Crippen molar-refractivity contribution in [3.8, 4) is 0 Å². The number of nitrogens with zero attached hydrogens (tertiary/aromatic N) is 2. The van der Waals surface area contributed by atoms with Gasteiger partial charge in [-0.15, -0.1) is 0 Å². The van der Waals surface area contributed by atoms with Crippen molar-refractivity contribution in [2.24, 2.45) is 11.3 Å². The van der Waals surface area contributed by atoms with Crippen molar-refractivity contribution >= 4 is 0 Å². The monoisotopic (exact) mass is 208 g/mol. The normalized spacial score (nSPS) is 44.0. The Balaban J connectivity index is 1.59. The molecule has 3 fully saturated rings. The first-order valence-corrected chi connectivity index (χ1v) is 6.59. The molecule has 3 aliphatic rings. The van der Waals surface area contributed by atoms with Gasteiger partial charge in [-0.25, -0.2) is 0 Å². The molecule has 2 unspecified atom stereocenters. The second kappa shape index (κ2) is 3.46. The number of rotatable bonds is 1. The van der Waals surface area contributed by atoms with Crippen molar-refractivity contribution in [2.45, 2.75) is 38.6 Å². The molecule has 1 aliphatic carbocycles. The lowest BCUT2D eigenvalue weighted by molar-refractivity contribution is 0.0604. The maximum atomic E-state index is 2.78. The molecule has 2 heterocycles. The zero-order chi connectivity index (χ0) is 10.5. The molecule has 0 bridgehead atoms. The number of hydrogen-bond acceptors (Lipinski definition) is 2. The van der Waals surface area contributed by atoms with Gasteiger partial charge in [-0.05, 0) is 44.2 Å². The molecule has 1 spiro atoms. The molecule has 2 heteroatoms. The summed E-state index contributed by atoms with van der Waals surface area (Å²) in [5.41, 5.74) is 0.744. The topological polar surface area (TPSA) is 6.48 Å². The first kappa shape index (κ1) is 10.1. The van der Waals surface area contributed by atoms with E-state index in [1.165, 1.54) is 51.9 Å². The zero-order valence-corrected chi connectivity index (χ0v) is 10.2. The minimum absolute atomic E-state index is 0.744. The Kier molecular flexibility index (Phi) is 2.33. The second-order valence-corrected chi connectivity index (χ2v) is 6.44. The van der Waals surface area contributed by atoms with Crippen molar-refractivity contribution in [3.05, 3.63) is 0 Å². The van der Waals surface area contributed by atoms with Crippen LogP contribution < -0.4 is 0 Å². The van der Waals surface area contributed by atoms with Crippen molar-refractivity contribution in [2.75, 3.05) is 33.2 Å². The van der Waals surface area contributed by atoms with Crippen LogP contribution in [0.1, 0.15) is 32.6 Å². The van der Waals surface area contributed by atoms with E-state index in [2.05, 4.69) is 23.8 Å². The van der Waals surface area contributed by atoms with Crippen LogP contribution in [0.25, 0.3) is 0 Å². The first-order valence-electron chi connectivity index (χ1n) is 6.59. The van der Waals surface area contributed by atoms with E-state index in [1.54, 1.807) is 0 Å². The molecule has 2 atom stereocenters. The van der Waals surface area contributed by atoms with Crippen LogP contribution in [0.2, 0.25) is 0 Å². The fourth-order valence-electron chi connectivity index (χ4n) is 4.04. The summed E-state index contributed by atoms with van der Waals surface area (Å²) < 4.78 is 0. The zero-order valence-electron chi connectivity index (χ0n) is 10.2. The molecule has 0 N–H and O–H groups in total. The molecule has 2 saturated heterocycles. The number of hydrogen-bond donors (Lipinski definition) is 0. The lowest BCUT2D eigenvalue weighted by atomic mass is 9.84. The Morgan fingerprint density at radius 1 is 1.20 bits per heavy atom. The molecule has 86 valence electrons. The molecule has 1 saturated carbocycles. The SMILES string of the molecule is CC1CCC2(CCN(C3CN(C)C3)C2)C1. The maximum Gasteiger partial charge on any atom is 0.0350 e. The summed E-state index contributed by atoms with van der Waals surface area (Å²) in [6.07, 6.45) is 5.98. The number of likely N-dealkylation sites (N-methyl/N-ethyl adjacent to an activating group) is 1. The Bertz CT molecular complexity index is 247. The van der Waals surface area contributed by atoms with Crippen LogP contribution in [0, 0.1) is 11.3 Å². The quantitative estimate of drug-likeness (QED) is 0.648. The highest BCUT2D eigenvalue weighted by atomic mass is 15.3. The average molecular weight is 208 g/mol. The molecule has 3 rings (SSSR count). The summed E-state index contributed by atoms with van der Waals surface area (Å²) in [6.45, 7) is 7.85. The minimum atomic E-state index is 0.744. The largest absolute Gasteiger partial charge is 0.303 e. The van der Waals surface area contributed by atoms with Gasteiger partial charge in [0.2, 0.25) is 0 Å². The highest BCUT2D eigenvalue weighted by Crippen LogP contribution is 2.48. The van der Waals surface area contributed by atoms with Gasteiger partial charge < -0.3 is 4.90 Å². The van der Waals surface area contributed by atoms with Gasteiger partial charge in [0.05, 0.1) is 0 Å². The Labute approximate surface area is 93.6 Å². The Morgan fingerprint density at radius 2 is 2.00 bits per heavy atom. The highest BCUT2D eigenvalue weighted by Gasteiger charge is 2.45. The van der Waals surface area contributed by atoms with E-state index >= 15 is 0 Å². The van der Waals surface area contributed by atoms with Crippen LogP contribution in [0.5, 0.6) is 0 Å². The molecule has 0 radical (unpaired) electrons. The molecule has 15 heavy (non-hydrogen) atoms. The van der Waals surface area contributed by atoms with Gasteiger partial charge in [0.15, 0.2) is 0 Å². The molecule has 0 aromatic heterocycles. The van der Waals surface area contributed by atoms with Crippen LogP contribution in [-0.4, -0.2) is 49.1 Å². The molecule has 2 nitrogen and oxygen atoms in total. The van der Waals surface area contributed by atoms with Crippen LogP contribution in [0.3, 0.4) is 0 Å². The van der Waals surface area contributed by atoms with Crippen molar-refractivity contribution in [3.63, 3.8) is 0 Å². The summed E-state index contributed by atoms with van der Waals surface area (Å²) in [5, 5.41) is 0. The second-order valence-electron chi connectivity index (χ2n) is 6.44. The lowest BCUT2D eigenvalue weighted by Crippen LogP contribution is -2.57. The average Bonchev–Trinajstić information content (AvgIpc) is 2.70. The molecular formula is C13H24N2. The highest BCUT2D eigenvalue weighted by molar-refractivity contribution is 4.99. The van der Waals surface area contributed by atoms with E-state index in [0.29, 0.717) is 0 Å². The molecule has 0 amide bonds. The summed E-state index contributed by atoms with van der Waals surface area (Å²) in [7, 11) is 2.24. The predicted octanol–water partition coefficient (Wildman–Crippen LogP) is 1.81. The van der Waals surface area contributed by atoms with Gasteiger partial charge >= 0.3 is 0 Å². The van der Waals surface area contributed by atoms with Crippen molar-refractivity contribution in [1.29, 1.82) is 0 Å². The third kappa shape index (κ3) is 1.72. The molecule has 2 aliphatic heterocycles. The van der Waals surface area contributed by atoms with Crippen LogP contribution >= 0.6 is 0 Å². The van der Waals surface area contributed by atoms with Gasteiger partial charge in [0.25, 0.3) is 0 Å². The number of likely N-dealkylation sites (tertiary alicyclic amines) is 2. The van der Waals surface area contributed by atoms with E-state index in [0.717, 1.165) is 17.4 Å². The summed E-state index contributed by atoms with van der Waals surface area (Å²) in [4.78, 5) is 5.21. The van der Waals surface area contributed by atoms with Crippen molar-refractivity contribution in [1.82, 2.24) is 9.80 Å². The first-order chi connectivity index (χ1) is 7.17. The fourth-order valence-corrected chi connectivity index (χ4v) is 4.04. The fraction of sp³-hybridized carbons (Fsp3) is 1.00. The van der Waals surface area contributed by atoms with Gasteiger partial charge in [-0.2, -0.15) is 0 Å². The molecule has 0 aromatic carbocycles. The summed E-state index contributed by atoms with van der Waals surface area (Å²) in [6, 6.07) is 0.894. The lowest BCUT2D eigenvalue weighted by Gasteiger charge is -2.42. The van der Waals surface area contributed by atoms with Crippen LogP contribution in [-0.2, 0) is 0 Å². The van der Waals surface area contributed by atoms with Gasteiger partial charge in [-0.1, -0.05) is 13.3 Å². The van der Waals surface area contributed by atoms with Crippen LogP contribution in [0.15, 0.2) is 0 Å². The van der Waals surface area contributed by atoms with Gasteiger partial charge in [0.1, 0.15) is 0 Å². The van der Waals surface area contributed by atoms with E-state index in [4.69, 9.17) is 0 Å². The third-order valence-corrected chi connectivity index (χ3v) is 4.98. The van der Waals surface area contributed by atoms with E-state index in [1.807, 2.05) is 0 Å². The summed E-state index contributed by atoms with van der Waals surface area (Å²) in [5.74, 6) is 0.994. The maximum absolute atomic E-state index is 2.78. The standard InChI is InChI=1S/C13H24N2/c1-11-3-4-13(7-11)5-6-15(10-13)12-8-14(2)9-12/h11-12H,3-10H2,1-2H3. The van der Waals surface area contributed by atoms with Gasteiger partial charge in [0, 0.05) is 25.7 Å². The molecular weight excluding hydrogens is 184 g/mol. The molecule has 0 aromatic rings. The van der Waals surface area contributed by atoms with E-state index in [9.17, 15) is 0 Å². The Hall–Kier alpha value is -0.0800. The van der Waals surface area contributed by atoms with E-state index < -0.39 is 0 Å². The third-order valence-electron chi connectivity index (χ3n) is 4.98. The van der Waals surface area contributed by atoms with Crippen LogP contribution in [0.4, 0.5) is 0 Å².